The number of esters is 4. The molecule has 51 heavy (non-hydrogen) atoms. The molecule has 20 heteroatoms. The van der Waals surface area contributed by atoms with Crippen molar-refractivity contribution in [1.29, 1.82) is 0 Å². The van der Waals surface area contributed by atoms with Gasteiger partial charge in [0.05, 0.1) is 12.6 Å². The van der Waals surface area contributed by atoms with Crippen LogP contribution in [0.5, 0.6) is 0 Å². The largest absolute Gasteiger partial charge is 0.463 e. The Bertz CT molecular complexity index is 1390. The van der Waals surface area contributed by atoms with Crippen LogP contribution in [0.1, 0.15) is 39.5 Å². The number of hydrogen-bond acceptors (Lipinski definition) is 15. The SMILES string of the molecule is CCS[C@@H]1O[C@@H]2COC(c3ccccc3)O[C@H]2[C@H](O[C@@H]2O[C@H](COC(C)=O)[C@H](OC(C)=O)[C@H](OC(C)=O)[C@H]2OC(=O)CBr)[C@H]1NC(=O)C(Cl)(Cl)Cl. The minimum Gasteiger partial charge on any atom is -0.463 e. The molecule has 1 unspecified atom stereocenters. The summed E-state index contributed by atoms with van der Waals surface area (Å²) >= 11 is 22.3. The lowest BCUT2D eigenvalue weighted by atomic mass is 9.95. The minimum absolute atomic E-state index is 0.0309. The van der Waals surface area contributed by atoms with Crippen LogP contribution in [0.25, 0.3) is 0 Å². The van der Waals surface area contributed by atoms with Gasteiger partial charge in [0.25, 0.3) is 9.70 Å². The van der Waals surface area contributed by atoms with Crippen LogP contribution >= 0.6 is 62.5 Å². The average molecular weight is 866 g/mol. The van der Waals surface area contributed by atoms with Crippen molar-refractivity contribution < 1.29 is 66.6 Å². The van der Waals surface area contributed by atoms with Crippen molar-refractivity contribution in [1.82, 2.24) is 5.32 Å². The maximum Gasteiger partial charge on any atom is 0.317 e. The first-order valence-electron chi connectivity index (χ1n) is 15.6. The molecule has 284 valence electrons. The monoisotopic (exact) mass is 863 g/mol. The predicted molar refractivity (Wildman–Crippen MR) is 184 cm³/mol. The molecule has 0 radical (unpaired) electrons. The number of thioether (sulfide) groups is 1. The molecule has 3 saturated heterocycles. The van der Waals surface area contributed by atoms with Gasteiger partial charge in [0.15, 0.2) is 30.9 Å². The Morgan fingerprint density at radius 1 is 0.902 bits per heavy atom. The number of nitrogens with one attached hydrogen (secondary N) is 1. The molecule has 11 atom stereocenters. The van der Waals surface area contributed by atoms with Crippen molar-refractivity contribution in [3.63, 3.8) is 0 Å². The van der Waals surface area contributed by atoms with E-state index in [9.17, 15) is 24.0 Å². The van der Waals surface area contributed by atoms with E-state index in [1.54, 1.807) is 24.3 Å². The zero-order valence-corrected chi connectivity index (χ0v) is 32.4. The number of rotatable bonds is 12. The highest BCUT2D eigenvalue weighted by Crippen LogP contribution is 2.41. The Kier molecular flexibility index (Phi) is 15.5. The number of carbonyl (C=O) groups excluding carboxylic acids is 5. The van der Waals surface area contributed by atoms with Crippen molar-refractivity contribution in [2.75, 3.05) is 24.3 Å². The second-order valence-corrected chi connectivity index (χ2v) is 15.6. The summed E-state index contributed by atoms with van der Waals surface area (Å²) in [7, 11) is 0. The molecule has 1 N–H and O–H groups in total. The lowest BCUT2D eigenvalue weighted by molar-refractivity contribution is -0.357. The van der Waals surface area contributed by atoms with Crippen molar-refractivity contribution in [3.8, 4) is 0 Å². The van der Waals surface area contributed by atoms with Gasteiger partial charge in [-0.2, -0.15) is 0 Å². The molecule has 1 aromatic rings. The average Bonchev–Trinajstić information content (AvgIpc) is 3.07. The van der Waals surface area contributed by atoms with Crippen LogP contribution in [0.4, 0.5) is 0 Å². The van der Waals surface area contributed by atoms with Gasteiger partial charge in [0, 0.05) is 26.3 Å². The Morgan fingerprint density at radius 2 is 1.57 bits per heavy atom. The number of halogens is 4. The standard InChI is InChI=1S/C31H37BrCl3NO14S/c1-5-51-29-21(36-30(41)31(33,34)35)24(22-19(47-29)13-43-27(49-22)17-9-7-6-8-10-17)50-28-26(48-20(40)11-32)25(45-16(4)39)23(44-15(3)38)18(46-28)12-42-14(2)37/h6-10,18-19,21-29H,5,11-13H2,1-4H3,(H,36,41)/t18-,19-,21-,22-,23+,24-,25+,26-,27?,28+,29+/m1/s1. The van der Waals surface area contributed by atoms with Crippen molar-refractivity contribution in [3.05, 3.63) is 35.9 Å². The number of benzene rings is 1. The summed E-state index contributed by atoms with van der Waals surface area (Å²) < 4.78 is 51.3. The van der Waals surface area contributed by atoms with Gasteiger partial charge in [-0.1, -0.05) is 88.0 Å². The van der Waals surface area contributed by atoms with Crippen LogP contribution in [0.2, 0.25) is 0 Å². The molecular formula is C31H37BrCl3NO14S. The first-order chi connectivity index (χ1) is 24.1. The molecular weight excluding hydrogens is 829 g/mol. The van der Waals surface area contributed by atoms with E-state index in [1.807, 2.05) is 13.0 Å². The van der Waals surface area contributed by atoms with Gasteiger partial charge in [-0.25, -0.2) is 0 Å². The normalized spacial score (nSPS) is 32.1. The number of hydrogen-bond donors (Lipinski definition) is 1. The number of fused-ring (bicyclic) bond motifs is 1. The molecule has 0 aromatic heterocycles. The second-order valence-electron chi connectivity index (χ2n) is 11.4. The third kappa shape index (κ3) is 11.3. The van der Waals surface area contributed by atoms with Crippen molar-refractivity contribution in [2.45, 2.75) is 98.3 Å². The van der Waals surface area contributed by atoms with E-state index in [1.165, 1.54) is 11.8 Å². The summed E-state index contributed by atoms with van der Waals surface area (Å²) in [5.41, 5.74) is -0.166. The van der Waals surface area contributed by atoms with E-state index in [4.69, 9.17) is 77.4 Å². The van der Waals surface area contributed by atoms with Crippen molar-refractivity contribution in [2.24, 2.45) is 0 Å². The lowest BCUT2D eigenvalue weighted by Gasteiger charge is -2.51. The summed E-state index contributed by atoms with van der Waals surface area (Å²) in [4.78, 5) is 62.5. The van der Waals surface area contributed by atoms with Crippen LogP contribution in [0, 0.1) is 0 Å². The van der Waals surface area contributed by atoms with E-state index in [2.05, 4.69) is 21.2 Å². The third-order valence-corrected chi connectivity index (χ3v) is 9.65. The van der Waals surface area contributed by atoms with E-state index in [0.717, 1.165) is 20.8 Å². The van der Waals surface area contributed by atoms with E-state index in [-0.39, 0.29) is 11.9 Å². The fourth-order valence-corrected chi connectivity index (χ4v) is 6.93. The van der Waals surface area contributed by atoms with Gasteiger partial charge in [-0.15, -0.1) is 11.8 Å². The Morgan fingerprint density at radius 3 is 2.16 bits per heavy atom. The van der Waals surface area contributed by atoms with E-state index in [0.29, 0.717) is 11.3 Å². The quantitative estimate of drug-likeness (QED) is 0.184. The van der Waals surface area contributed by atoms with Gasteiger partial charge < -0.3 is 47.9 Å². The third-order valence-electron chi connectivity index (χ3n) is 7.61. The summed E-state index contributed by atoms with van der Waals surface area (Å²) in [6, 6.07) is 7.89. The maximum absolute atomic E-state index is 13.2. The highest BCUT2D eigenvalue weighted by atomic mass is 79.9. The molecule has 3 aliphatic rings. The van der Waals surface area contributed by atoms with Crippen LogP contribution in [-0.4, -0.2) is 118 Å². The number of amides is 1. The van der Waals surface area contributed by atoms with Crippen molar-refractivity contribution >= 4 is 92.3 Å². The molecule has 0 aliphatic carbocycles. The second kappa shape index (κ2) is 18.9. The van der Waals surface area contributed by atoms with E-state index >= 15 is 0 Å². The Hall–Kier alpha value is -1.93. The minimum atomic E-state index is -2.39. The highest BCUT2D eigenvalue weighted by molar-refractivity contribution is 9.09. The summed E-state index contributed by atoms with van der Waals surface area (Å²) in [6.45, 7) is 4.75. The molecule has 3 heterocycles. The van der Waals surface area contributed by atoms with Gasteiger partial charge in [0.2, 0.25) is 0 Å². The fourth-order valence-electron chi connectivity index (χ4n) is 5.65. The topological polar surface area (TPSA) is 180 Å². The lowest BCUT2D eigenvalue weighted by Crippen LogP contribution is -2.70. The van der Waals surface area contributed by atoms with Gasteiger partial charge >= 0.3 is 23.9 Å². The molecule has 15 nitrogen and oxygen atoms in total. The van der Waals surface area contributed by atoms with Gasteiger partial charge in [-0.05, 0) is 5.75 Å². The molecule has 3 aliphatic heterocycles. The number of alkyl halides is 4. The Labute approximate surface area is 321 Å². The zero-order valence-electron chi connectivity index (χ0n) is 27.7. The number of carbonyl (C=O) groups is 5. The van der Waals surface area contributed by atoms with Crippen LogP contribution in [-0.2, 0) is 66.6 Å². The highest BCUT2D eigenvalue weighted by Gasteiger charge is 2.58. The zero-order chi connectivity index (χ0) is 37.5. The smallest absolute Gasteiger partial charge is 0.317 e. The van der Waals surface area contributed by atoms with Gasteiger partial charge in [-0.3, -0.25) is 24.0 Å². The van der Waals surface area contributed by atoms with Gasteiger partial charge in [0.1, 0.15) is 41.8 Å². The molecule has 4 rings (SSSR count). The first-order valence-corrected chi connectivity index (χ1v) is 18.9. The van der Waals surface area contributed by atoms with Crippen LogP contribution < -0.4 is 5.32 Å². The van der Waals surface area contributed by atoms with Crippen LogP contribution in [0.15, 0.2) is 30.3 Å². The maximum atomic E-state index is 13.2. The molecule has 1 amide bonds. The molecule has 0 spiro atoms. The molecule has 0 saturated carbocycles. The summed E-state index contributed by atoms with van der Waals surface area (Å²) in [5, 5.41) is 2.40. The summed E-state index contributed by atoms with van der Waals surface area (Å²) in [6.07, 6.45) is -11.5. The molecule has 0 bridgehead atoms. The Balaban J connectivity index is 1.83. The van der Waals surface area contributed by atoms with Crippen LogP contribution in [0.3, 0.4) is 0 Å². The molecule has 3 fully saturated rings. The predicted octanol–water partition coefficient (Wildman–Crippen LogP) is 3.28. The molecule has 1 aromatic carbocycles. The summed E-state index contributed by atoms with van der Waals surface area (Å²) in [5.74, 6) is -3.65. The van der Waals surface area contributed by atoms with E-state index < -0.39 is 107 Å². The fraction of sp³-hybridized carbons (Fsp3) is 0.645. The number of ether oxygens (including phenoxy) is 9. The first kappa shape index (κ1) is 41.8.